The lowest BCUT2D eigenvalue weighted by molar-refractivity contribution is -0.116. The van der Waals surface area contributed by atoms with E-state index in [1.165, 1.54) is 0 Å². The van der Waals surface area contributed by atoms with Crippen LogP contribution >= 0.6 is 0 Å². The van der Waals surface area contributed by atoms with Gasteiger partial charge in [-0.3, -0.25) is 9.78 Å². The Morgan fingerprint density at radius 3 is 2.79 bits per heavy atom. The maximum atomic E-state index is 11.3. The van der Waals surface area contributed by atoms with Gasteiger partial charge in [0.25, 0.3) is 0 Å². The Morgan fingerprint density at radius 1 is 1.57 bits per heavy atom. The SMILES string of the molecule is CC(O)CCC(=O)Nc1ccncc1. The highest BCUT2D eigenvalue weighted by Crippen LogP contribution is 2.05. The second kappa shape index (κ2) is 5.34. The van der Waals surface area contributed by atoms with Gasteiger partial charge in [0, 0.05) is 24.5 Å². The minimum atomic E-state index is -0.432. The minimum absolute atomic E-state index is 0.0860. The number of nitrogens with zero attached hydrogens (tertiary/aromatic N) is 1. The summed E-state index contributed by atoms with van der Waals surface area (Å²) in [4.78, 5) is 15.1. The quantitative estimate of drug-likeness (QED) is 0.756. The molecule has 0 fully saturated rings. The average molecular weight is 194 g/mol. The number of nitrogens with one attached hydrogen (secondary N) is 1. The second-order valence-electron chi connectivity index (χ2n) is 3.17. The maximum Gasteiger partial charge on any atom is 0.224 e. The number of amides is 1. The van der Waals surface area contributed by atoms with Crippen LogP contribution in [0.1, 0.15) is 19.8 Å². The molecule has 0 aromatic carbocycles. The highest BCUT2D eigenvalue weighted by molar-refractivity contribution is 5.90. The molecule has 0 saturated heterocycles. The van der Waals surface area contributed by atoms with Crippen molar-refractivity contribution in [2.45, 2.75) is 25.9 Å². The van der Waals surface area contributed by atoms with Crippen LogP contribution in [0, 0.1) is 0 Å². The summed E-state index contributed by atoms with van der Waals surface area (Å²) in [5.41, 5.74) is 0.732. The van der Waals surface area contributed by atoms with Gasteiger partial charge in [0.2, 0.25) is 5.91 Å². The summed E-state index contributed by atoms with van der Waals surface area (Å²) >= 11 is 0. The van der Waals surface area contributed by atoms with Crippen molar-refractivity contribution < 1.29 is 9.90 Å². The number of carbonyl (C=O) groups excluding carboxylic acids is 1. The smallest absolute Gasteiger partial charge is 0.224 e. The highest BCUT2D eigenvalue weighted by atomic mass is 16.3. The summed E-state index contributed by atoms with van der Waals surface area (Å²) in [5.74, 6) is -0.0860. The van der Waals surface area contributed by atoms with E-state index in [2.05, 4.69) is 10.3 Å². The van der Waals surface area contributed by atoms with Crippen LogP contribution in [0.3, 0.4) is 0 Å². The molecule has 1 aromatic heterocycles. The standard InChI is InChI=1S/C10H14N2O2/c1-8(13)2-3-10(14)12-9-4-6-11-7-5-9/h4-8,13H,2-3H2,1H3,(H,11,12,14). The van der Waals surface area contributed by atoms with Gasteiger partial charge >= 0.3 is 0 Å². The van der Waals surface area contributed by atoms with Gasteiger partial charge in [-0.05, 0) is 25.5 Å². The Kier molecular flexibility index (Phi) is 4.07. The third kappa shape index (κ3) is 4.00. The molecular formula is C10H14N2O2. The van der Waals surface area contributed by atoms with Gasteiger partial charge in [-0.15, -0.1) is 0 Å². The van der Waals surface area contributed by atoms with Gasteiger partial charge in [0.1, 0.15) is 0 Å². The van der Waals surface area contributed by atoms with Crippen molar-refractivity contribution >= 4 is 11.6 Å². The summed E-state index contributed by atoms with van der Waals surface area (Å²) in [5, 5.41) is 11.7. The van der Waals surface area contributed by atoms with Gasteiger partial charge in [-0.2, -0.15) is 0 Å². The molecule has 4 heteroatoms. The second-order valence-corrected chi connectivity index (χ2v) is 3.17. The summed E-state index contributed by atoms with van der Waals surface area (Å²) in [6.45, 7) is 1.67. The van der Waals surface area contributed by atoms with Crippen LogP contribution in [-0.2, 0) is 4.79 Å². The first kappa shape index (κ1) is 10.7. The fourth-order valence-corrected chi connectivity index (χ4v) is 0.999. The molecule has 4 nitrogen and oxygen atoms in total. The van der Waals surface area contributed by atoms with Crippen molar-refractivity contribution in [2.75, 3.05) is 5.32 Å². The van der Waals surface area contributed by atoms with E-state index in [0.717, 1.165) is 5.69 Å². The molecule has 0 saturated carbocycles. The molecule has 76 valence electrons. The highest BCUT2D eigenvalue weighted by Gasteiger charge is 2.03. The number of carbonyl (C=O) groups is 1. The predicted molar refractivity (Wildman–Crippen MR) is 53.8 cm³/mol. The van der Waals surface area contributed by atoms with E-state index in [1.54, 1.807) is 31.5 Å². The molecule has 1 atom stereocenters. The van der Waals surface area contributed by atoms with Crippen molar-refractivity contribution in [3.05, 3.63) is 24.5 Å². The molecule has 1 heterocycles. The monoisotopic (exact) mass is 194 g/mol. The molecule has 0 aliphatic carbocycles. The molecule has 14 heavy (non-hydrogen) atoms. The molecular weight excluding hydrogens is 180 g/mol. The third-order valence-electron chi connectivity index (χ3n) is 1.75. The molecule has 0 radical (unpaired) electrons. The Bertz CT molecular complexity index is 285. The minimum Gasteiger partial charge on any atom is -0.393 e. The van der Waals surface area contributed by atoms with Gasteiger partial charge < -0.3 is 10.4 Å². The molecule has 0 spiro atoms. The number of anilines is 1. The van der Waals surface area contributed by atoms with Crippen molar-refractivity contribution in [1.82, 2.24) is 4.98 Å². The summed E-state index contributed by atoms with van der Waals surface area (Å²) in [6.07, 6.45) is 3.61. The normalized spacial score (nSPS) is 12.1. The molecule has 1 aromatic rings. The number of aromatic nitrogens is 1. The predicted octanol–water partition coefficient (Wildman–Crippen LogP) is 1.18. The van der Waals surface area contributed by atoms with Crippen molar-refractivity contribution in [3.63, 3.8) is 0 Å². The van der Waals surface area contributed by atoms with Crippen molar-refractivity contribution in [2.24, 2.45) is 0 Å². The fraction of sp³-hybridized carbons (Fsp3) is 0.400. The third-order valence-corrected chi connectivity index (χ3v) is 1.75. The lowest BCUT2D eigenvalue weighted by atomic mass is 10.2. The number of aliphatic hydroxyl groups is 1. The summed E-state index contributed by atoms with van der Waals surface area (Å²) in [7, 11) is 0. The average Bonchev–Trinajstić information content (AvgIpc) is 2.16. The van der Waals surface area contributed by atoms with Gasteiger partial charge in [-0.25, -0.2) is 0 Å². The van der Waals surface area contributed by atoms with E-state index in [0.29, 0.717) is 12.8 Å². The number of hydrogen-bond acceptors (Lipinski definition) is 3. The van der Waals surface area contributed by atoms with Crippen molar-refractivity contribution in [1.29, 1.82) is 0 Å². The molecule has 2 N–H and O–H groups in total. The Hall–Kier alpha value is -1.42. The maximum absolute atomic E-state index is 11.3. The molecule has 0 aliphatic rings. The molecule has 1 amide bonds. The summed E-state index contributed by atoms with van der Waals surface area (Å²) in [6, 6.07) is 3.44. The van der Waals surface area contributed by atoms with Crippen molar-refractivity contribution in [3.8, 4) is 0 Å². The molecule has 1 unspecified atom stereocenters. The van der Waals surface area contributed by atoms with Crippen LogP contribution in [0.15, 0.2) is 24.5 Å². The number of pyridine rings is 1. The Morgan fingerprint density at radius 2 is 2.21 bits per heavy atom. The molecule has 1 rings (SSSR count). The first-order chi connectivity index (χ1) is 6.68. The van der Waals surface area contributed by atoms with E-state index in [1.807, 2.05) is 0 Å². The lowest BCUT2D eigenvalue weighted by Gasteiger charge is -2.05. The summed E-state index contributed by atoms with van der Waals surface area (Å²) < 4.78 is 0. The van der Waals surface area contributed by atoms with E-state index in [4.69, 9.17) is 5.11 Å². The zero-order chi connectivity index (χ0) is 10.4. The Balaban J connectivity index is 2.35. The van der Waals surface area contributed by atoms with Crippen LogP contribution < -0.4 is 5.32 Å². The van der Waals surface area contributed by atoms with Gasteiger partial charge in [0.15, 0.2) is 0 Å². The number of rotatable bonds is 4. The van der Waals surface area contributed by atoms with Crippen LogP contribution in [0.4, 0.5) is 5.69 Å². The topological polar surface area (TPSA) is 62.2 Å². The van der Waals surface area contributed by atoms with E-state index < -0.39 is 6.10 Å². The number of hydrogen-bond donors (Lipinski definition) is 2. The first-order valence-corrected chi connectivity index (χ1v) is 4.56. The van der Waals surface area contributed by atoms with E-state index >= 15 is 0 Å². The van der Waals surface area contributed by atoms with Gasteiger partial charge in [0.05, 0.1) is 6.10 Å². The van der Waals surface area contributed by atoms with Crippen LogP contribution in [-0.4, -0.2) is 22.1 Å². The van der Waals surface area contributed by atoms with Crippen LogP contribution in [0.5, 0.6) is 0 Å². The van der Waals surface area contributed by atoms with Crippen LogP contribution in [0.2, 0.25) is 0 Å². The largest absolute Gasteiger partial charge is 0.393 e. The first-order valence-electron chi connectivity index (χ1n) is 4.56. The van der Waals surface area contributed by atoms with E-state index in [-0.39, 0.29) is 5.91 Å². The Labute approximate surface area is 83.0 Å². The number of aliphatic hydroxyl groups excluding tert-OH is 1. The zero-order valence-electron chi connectivity index (χ0n) is 8.10. The van der Waals surface area contributed by atoms with E-state index in [9.17, 15) is 4.79 Å². The lowest BCUT2D eigenvalue weighted by Crippen LogP contribution is -2.13. The molecule has 0 aliphatic heterocycles. The fourth-order valence-electron chi connectivity index (χ4n) is 0.999. The van der Waals surface area contributed by atoms with Crippen LogP contribution in [0.25, 0.3) is 0 Å². The van der Waals surface area contributed by atoms with Gasteiger partial charge in [-0.1, -0.05) is 0 Å². The zero-order valence-corrected chi connectivity index (χ0v) is 8.10. The molecule has 0 bridgehead atoms.